The molecule has 0 aliphatic rings. The average Bonchev–Trinajstić information content (AvgIpc) is 2.67. The molecule has 1 aromatic carbocycles. The van der Waals surface area contributed by atoms with Gasteiger partial charge in [-0.05, 0) is 37.1 Å². The standard InChI is InChI=1S/C13H18N2O2/c1-9-6-11-12(7-10(9)2)15-13(14-11)8-17-5-4-16-3/h6-7H,4-5,8H2,1-3H3,(H,14,15). The Labute approximate surface area is 101 Å². The van der Waals surface area contributed by atoms with Gasteiger partial charge in [-0.3, -0.25) is 0 Å². The van der Waals surface area contributed by atoms with Crippen LogP contribution in [0, 0.1) is 13.8 Å². The normalized spacial score (nSPS) is 11.2. The first-order valence-electron chi connectivity index (χ1n) is 5.73. The van der Waals surface area contributed by atoms with E-state index in [1.54, 1.807) is 7.11 Å². The number of aromatic amines is 1. The van der Waals surface area contributed by atoms with Gasteiger partial charge in [0.1, 0.15) is 12.4 Å². The van der Waals surface area contributed by atoms with E-state index in [4.69, 9.17) is 9.47 Å². The molecule has 0 fully saturated rings. The number of hydrogen-bond donors (Lipinski definition) is 1. The summed E-state index contributed by atoms with van der Waals surface area (Å²) in [6, 6.07) is 4.22. The lowest BCUT2D eigenvalue weighted by Crippen LogP contribution is -2.02. The van der Waals surface area contributed by atoms with Crippen molar-refractivity contribution in [3.05, 3.63) is 29.1 Å². The van der Waals surface area contributed by atoms with Crippen molar-refractivity contribution >= 4 is 11.0 Å². The second kappa shape index (κ2) is 5.29. The molecule has 2 rings (SSSR count). The Morgan fingerprint density at radius 2 is 1.94 bits per heavy atom. The van der Waals surface area contributed by atoms with Gasteiger partial charge >= 0.3 is 0 Å². The molecule has 0 spiro atoms. The summed E-state index contributed by atoms with van der Waals surface area (Å²) in [6.45, 7) is 5.89. The van der Waals surface area contributed by atoms with Gasteiger partial charge in [-0.1, -0.05) is 0 Å². The number of rotatable bonds is 5. The molecule has 0 unspecified atom stereocenters. The quantitative estimate of drug-likeness (QED) is 0.808. The fourth-order valence-electron chi connectivity index (χ4n) is 1.70. The number of ether oxygens (including phenoxy) is 2. The molecule has 1 N–H and O–H groups in total. The van der Waals surface area contributed by atoms with E-state index in [-0.39, 0.29) is 0 Å². The third-order valence-electron chi connectivity index (χ3n) is 2.82. The van der Waals surface area contributed by atoms with Crippen LogP contribution in [0.25, 0.3) is 11.0 Å². The van der Waals surface area contributed by atoms with E-state index in [9.17, 15) is 0 Å². The van der Waals surface area contributed by atoms with Crippen LogP contribution < -0.4 is 0 Å². The van der Waals surface area contributed by atoms with Crippen LogP contribution in [-0.4, -0.2) is 30.3 Å². The number of hydrogen-bond acceptors (Lipinski definition) is 3. The summed E-state index contributed by atoms with van der Waals surface area (Å²) in [4.78, 5) is 7.75. The fourth-order valence-corrected chi connectivity index (χ4v) is 1.70. The molecule has 0 amide bonds. The van der Waals surface area contributed by atoms with E-state index >= 15 is 0 Å². The minimum absolute atomic E-state index is 0.496. The molecule has 0 saturated heterocycles. The zero-order valence-corrected chi connectivity index (χ0v) is 10.5. The largest absolute Gasteiger partial charge is 0.382 e. The van der Waals surface area contributed by atoms with E-state index in [2.05, 4.69) is 35.9 Å². The minimum atomic E-state index is 0.496. The van der Waals surface area contributed by atoms with Gasteiger partial charge in [0.15, 0.2) is 0 Å². The van der Waals surface area contributed by atoms with Crippen LogP contribution in [0.5, 0.6) is 0 Å². The van der Waals surface area contributed by atoms with Gasteiger partial charge in [-0.2, -0.15) is 0 Å². The highest BCUT2D eigenvalue weighted by Crippen LogP contribution is 2.17. The molecule has 0 saturated carbocycles. The summed E-state index contributed by atoms with van der Waals surface area (Å²) >= 11 is 0. The molecule has 0 aliphatic carbocycles. The Bertz CT molecular complexity index is 466. The number of methoxy groups -OCH3 is 1. The Balaban J connectivity index is 2.09. The Morgan fingerprint density at radius 1 is 1.18 bits per heavy atom. The lowest BCUT2D eigenvalue weighted by Gasteiger charge is -1.99. The zero-order chi connectivity index (χ0) is 12.3. The van der Waals surface area contributed by atoms with Crippen LogP contribution in [0.3, 0.4) is 0 Å². The molecule has 4 heteroatoms. The molecule has 2 aromatic rings. The summed E-state index contributed by atoms with van der Waals surface area (Å²) in [5.41, 5.74) is 4.60. The van der Waals surface area contributed by atoms with Crippen molar-refractivity contribution in [1.82, 2.24) is 9.97 Å². The van der Waals surface area contributed by atoms with Crippen LogP contribution in [0.1, 0.15) is 17.0 Å². The topological polar surface area (TPSA) is 47.1 Å². The van der Waals surface area contributed by atoms with Gasteiger partial charge < -0.3 is 14.5 Å². The first-order valence-corrected chi connectivity index (χ1v) is 5.73. The van der Waals surface area contributed by atoms with E-state index in [1.807, 2.05) is 0 Å². The maximum absolute atomic E-state index is 5.43. The van der Waals surface area contributed by atoms with Gasteiger partial charge in [0.05, 0.1) is 24.2 Å². The Hall–Kier alpha value is -1.39. The van der Waals surface area contributed by atoms with Crippen molar-refractivity contribution in [2.75, 3.05) is 20.3 Å². The van der Waals surface area contributed by atoms with E-state index in [0.717, 1.165) is 16.9 Å². The number of aromatic nitrogens is 2. The summed E-state index contributed by atoms with van der Waals surface area (Å²) in [5.74, 6) is 0.862. The molecule has 4 nitrogen and oxygen atoms in total. The third-order valence-corrected chi connectivity index (χ3v) is 2.82. The summed E-state index contributed by atoms with van der Waals surface area (Å²) < 4.78 is 10.3. The number of nitrogens with zero attached hydrogens (tertiary/aromatic N) is 1. The molecule has 0 bridgehead atoms. The molecular formula is C13H18N2O2. The van der Waals surface area contributed by atoms with Crippen LogP contribution >= 0.6 is 0 Å². The molecule has 92 valence electrons. The van der Waals surface area contributed by atoms with Gasteiger partial charge in [-0.15, -0.1) is 0 Å². The predicted octanol–water partition coefficient (Wildman–Crippen LogP) is 2.34. The predicted molar refractivity (Wildman–Crippen MR) is 67.1 cm³/mol. The fraction of sp³-hybridized carbons (Fsp3) is 0.462. The van der Waals surface area contributed by atoms with Crippen LogP contribution in [0.15, 0.2) is 12.1 Å². The highest BCUT2D eigenvalue weighted by atomic mass is 16.5. The van der Waals surface area contributed by atoms with Gasteiger partial charge in [0.2, 0.25) is 0 Å². The van der Waals surface area contributed by atoms with Crippen LogP contribution in [-0.2, 0) is 16.1 Å². The Morgan fingerprint density at radius 3 is 2.71 bits per heavy atom. The lowest BCUT2D eigenvalue weighted by atomic mass is 10.1. The molecule has 17 heavy (non-hydrogen) atoms. The monoisotopic (exact) mass is 234 g/mol. The first-order chi connectivity index (χ1) is 8.20. The number of aryl methyl sites for hydroxylation is 2. The summed E-state index contributed by atoms with van der Waals surface area (Å²) in [7, 11) is 1.66. The highest BCUT2D eigenvalue weighted by molar-refractivity contribution is 5.77. The second-order valence-electron chi connectivity index (χ2n) is 4.18. The Kier molecular flexibility index (Phi) is 3.76. The number of fused-ring (bicyclic) bond motifs is 1. The van der Waals surface area contributed by atoms with Gasteiger partial charge in [0.25, 0.3) is 0 Å². The third kappa shape index (κ3) is 2.84. The molecule has 0 radical (unpaired) electrons. The van der Waals surface area contributed by atoms with Crippen molar-refractivity contribution in [3.63, 3.8) is 0 Å². The number of benzene rings is 1. The average molecular weight is 234 g/mol. The smallest absolute Gasteiger partial charge is 0.133 e. The van der Waals surface area contributed by atoms with Gasteiger partial charge in [0, 0.05) is 7.11 Å². The SMILES string of the molecule is COCCOCc1nc2cc(C)c(C)cc2[nH]1. The van der Waals surface area contributed by atoms with Crippen molar-refractivity contribution in [1.29, 1.82) is 0 Å². The first kappa shape index (κ1) is 12.1. The van der Waals surface area contributed by atoms with Crippen molar-refractivity contribution < 1.29 is 9.47 Å². The van der Waals surface area contributed by atoms with E-state index in [0.29, 0.717) is 19.8 Å². The molecular weight excluding hydrogens is 216 g/mol. The lowest BCUT2D eigenvalue weighted by molar-refractivity contribution is 0.0590. The zero-order valence-electron chi connectivity index (χ0n) is 10.5. The van der Waals surface area contributed by atoms with Gasteiger partial charge in [-0.25, -0.2) is 4.98 Å². The minimum Gasteiger partial charge on any atom is -0.382 e. The van der Waals surface area contributed by atoms with Crippen molar-refractivity contribution in [2.45, 2.75) is 20.5 Å². The van der Waals surface area contributed by atoms with Crippen LogP contribution in [0.4, 0.5) is 0 Å². The maximum atomic E-state index is 5.43. The number of H-pyrrole nitrogens is 1. The van der Waals surface area contributed by atoms with E-state index < -0.39 is 0 Å². The number of nitrogens with one attached hydrogen (secondary N) is 1. The highest BCUT2D eigenvalue weighted by Gasteiger charge is 2.04. The molecule has 0 aliphatic heterocycles. The van der Waals surface area contributed by atoms with Crippen molar-refractivity contribution in [2.24, 2.45) is 0 Å². The molecule has 1 aromatic heterocycles. The second-order valence-corrected chi connectivity index (χ2v) is 4.18. The number of imidazole rings is 1. The summed E-state index contributed by atoms with van der Waals surface area (Å²) in [6.07, 6.45) is 0. The summed E-state index contributed by atoms with van der Waals surface area (Å²) in [5, 5.41) is 0. The molecule has 0 atom stereocenters. The van der Waals surface area contributed by atoms with E-state index in [1.165, 1.54) is 11.1 Å². The van der Waals surface area contributed by atoms with Crippen molar-refractivity contribution in [3.8, 4) is 0 Å². The van der Waals surface area contributed by atoms with Crippen LogP contribution in [0.2, 0.25) is 0 Å². The maximum Gasteiger partial charge on any atom is 0.133 e. The molecule has 1 heterocycles.